The Balaban J connectivity index is 1.83. The summed E-state index contributed by atoms with van der Waals surface area (Å²) in [6, 6.07) is 18.9. The first kappa shape index (κ1) is 18.7. The molecule has 0 radical (unpaired) electrons. The van der Waals surface area contributed by atoms with Crippen molar-refractivity contribution in [1.29, 1.82) is 0 Å². The number of hydrogen-bond donors (Lipinski definition) is 1. The minimum Gasteiger partial charge on any atom is -0.456 e. The highest BCUT2D eigenvalue weighted by molar-refractivity contribution is 5.97. The number of hydrogen-bond acceptors (Lipinski definition) is 5. The molecule has 0 saturated carbocycles. The van der Waals surface area contributed by atoms with Gasteiger partial charge in [-0.1, -0.05) is 18.2 Å². The molecule has 0 bridgehead atoms. The molecule has 0 aromatic heterocycles. The van der Waals surface area contributed by atoms with Gasteiger partial charge in [0.15, 0.2) is 11.3 Å². The molecule has 0 fully saturated rings. The molecular formula is C24H23N2O4+. The van der Waals surface area contributed by atoms with Gasteiger partial charge in [-0.25, -0.2) is 10.0 Å². The van der Waals surface area contributed by atoms with Gasteiger partial charge in [-0.3, -0.25) is 0 Å². The molecule has 1 atom stereocenters. The van der Waals surface area contributed by atoms with Crippen LogP contribution >= 0.6 is 0 Å². The molecule has 1 N–H and O–H groups in total. The maximum atomic E-state index is 12.8. The largest absolute Gasteiger partial charge is 0.456 e. The third kappa shape index (κ3) is 2.47. The first-order valence-electron chi connectivity index (χ1n) is 9.76. The molecule has 30 heavy (non-hydrogen) atoms. The van der Waals surface area contributed by atoms with Crippen LogP contribution in [0.3, 0.4) is 0 Å². The van der Waals surface area contributed by atoms with E-state index in [-0.39, 0.29) is 10.6 Å². The molecule has 2 heterocycles. The number of rotatable bonds is 2. The Labute approximate surface area is 175 Å². The number of hydroxylamine groups is 2. The Morgan fingerprint density at radius 1 is 0.900 bits per heavy atom. The van der Waals surface area contributed by atoms with Crippen molar-refractivity contribution >= 4 is 17.3 Å². The lowest BCUT2D eigenvalue weighted by atomic mass is 9.77. The summed E-state index contributed by atoms with van der Waals surface area (Å²) in [6.45, 7) is 0. The lowest BCUT2D eigenvalue weighted by Crippen LogP contribution is -2.37. The van der Waals surface area contributed by atoms with E-state index in [1.54, 1.807) is 26.2 Å². The number of benzene rings is 3. The average Bonchev–Trinajstić information content (AvgIpc) is 3.00. The Bertz CT molecular complexity index is 1200. The molecule has 6 heteroatoms. The van der Waals surface area contributed by atoms with Crippen LogP contribution in [0.1, 0.15) is 27.0 Å². The van der Waals surface area contributed by atoms with Crippen molar-refractivity contribution in [2.45, 2.75) is 5.60 Å². The number of esters is 1. The van der Waals surface area contributed by atoms with Crippen LogP contribution in [0, 0.1) is 0 Å². The summed E-state index contributed by atoms with van der Waals surface area (Å²) in [4.78, 5) is 14.8. The molecule has 152 valence electrons. The second-order valence-corrected chi connectivity index (χ2v) is 8.37. The van der Waals surface area contributed by atoms with Gasteiger partial charge in [-0.2, -0.15) is 4.65 Å². The van der Waals surface area contributed by atoms with Gasteiger partial charge in [-0.05, 0) is 24.3 Å². The van der Waals surface area contributed by atoms with Crippen LogP contribution < -0.4 is 14.3 Å². The molecule has 1 spiro atoms. The lowest BCUT2D eigenvalue weighted by molar-refractivity contribution is -0.0285. The normalized spacial score (nSPS) is 18.9. The van der Waals surface area contributed by atoms with E-state index in [2.05, 4.69) is 0 Å². The van der Waals surface area contributed by atoms with Crippen molar-refractivity contribution in [2.75, 3.05) is 33.1 Å². The maximum Gasteiger partial charge on any atom is 0.340 e. The quantitative estimate of drug-likeness (QED) is 0.393. The molecule has 5 rings (SSSR count). The zero-order valence-electron chi connectivity index (χ0n) is 17.3. The van der Waals surface area contributed by atoms with Crippen LogP contribution in [0.5, 0.6) is 11.5 Å². The van der Waals surface area contributed by atoms with Gasteiger partial charge in [0.25, 0.3) is 0 Å². The lowest BCUT2D eigenvalue weighted by Gasteiger charge is -2.37. The highest BCUT2D eigenvalue weighted by atomic mass is 16.6. The molecule has 1 unspecified atom stereocenters. The van der Waals surface area contributed by atoms with Crippen LogP contribution in [0.15, 0.2) is 60.7 Å². The summed E-state index contributed by atoms with van der Waals surface area (Å²) >= 11 is 0. The molecule has 3 aromatic rings. The number of ether oxygens (including phenoxy) is 2. The van der Waals surface area contributed by atoms with Gasteiger partial charge >= 0.3 is 5.97 Å². The van der Waals surface area contributed by atoms with Gasteiger partial charge in [0.1, 0.15) is 25.6 Å². The Morgan fingerprint density at radius 2 is 1.57 bits per heavy atom. The summed E-state index contributed by atoms with van der Waals surface area (Å²) < 4.78 is 12.1. The standard InChI is InChI=1S/C24H23N2O4/c1-25(2)15-9-11-19-21(13-15)29-22-14-16(26(3,4)28)10-12-20(22)24(19)18-8-6-5-7-17(18)23(27)30-24/h5-14,28H,1-4H3/q+1. The second-order valence-electron chi connectivity index (χ2n) is 8.37. The van der Waals surface area contributed by atoms with Crippen molar-refractivity contribution in [3.05, 3.63) is 82.9 Å². The first-order valence-corrected chi connectivity index (χ1v) is 9.76. The van der Waals surface area contributed by atoms with Gasteiger partial charge < -0.3 is 14.4 Å². The van der Waals surface area contributed by atoms with Crippen LogP contribution in [0.2, 0.25) is 0 Å². The van der Waals surface area contributed by atoms with Crippen molar-refractivity contribution < 1.29 is 19.5 Å². The van der Waals surface area contributed by atoms with E-state index in [0.717, 1.165) is 22.4 Å². The van der Waals surface area contributed by atoms with E-state index in [0.29, 0.717) is 22.7 Å². The minimum absolute atomic E-state index is 0.343. The summed E-state index contributed by atoms with van der Waals surface area (Å²) in [7, 11) is 7.26. The van der Waals surface area contributed by atoms with E-state index >= 15 is 0 Å². The predicted molar refractivity (Wildman–Crippen MR) is 114 cm³/mol. The van der Waals surface area contributed by atoms with E-state index < -0.39 is 5.60 Å². The second kappa shape index (κ2) is 6.08. The van der Waals surface area contributed by atoms with E-state index in [9.17, 15) is 10.0 Å². The molecule has 3 aromatic carbocycles. The topological polar surface area (TPSA) is 59.0 Å². The van der Waals surface area contributed by atoms with E-state index in [1.165, 1.54) is 0 Å². The van der Waals surface area contributed by atoms with Crippen LogP contribution in [0.25, 0.3) is 0 Å². The smallest absolute Gasteiger partial charge is 0.340 e. The molecule has 0 aliphatic carbocycles. The highest BCUT2D eigenvalue weighted by Gasteiger charge is 2.53. The van der Waals surface area contributed by atoms with Gasteiger partial charge in [0.05, 0.1) is 5.56 Å². The fraction of sp³-hybridized carbons (Fsp3) is 0.208. The van der Waals surface area contributed by atoms with Crippen LogP contribution in [-0.2, 0) is 10.3 Å². The van der Waals surface area contributed by atoms with Crippen LogP contribution in [0.4, 0.5) is 11.4 Å². The molecular weight excluding hydrogens is 380 g/mol. The Kier molecular flexibility index (Phi) is 3.78. The summed E-state index contributed by atoms with van der Waals surface area (Å²) in [5, 5.41) is 10.4. The van der Waals surface area contributed by atoms with E-state index in [1.807, 2.05) is 67.5 Å². The molecule has 2 aliphatic heterocycles. The van der Waals surface area contributed by atoms with Crippen molar-refractivity contribution in [3.8, 4) is 11.5 Å². The summed E-state index contributed by atoms with van der Waals surface area (Å²) in [6.07, 6.45) is 0. The van der Waals surface area contributed by atoms with Crippen LogP contribution in [-0.4, -0.2) is 39.4 Å². The monoisotopic (exact) mass is 403 g/mol. The number of fused-ring (bicyclic) bond motifs is 6. The predicted octanol–water partition coefficient (Wildman–Crippen LogP) is 4.28. The summed E-state index contributed by atoms with van der Waals surface area (Å²) in [5.74, 6) is 0.822. The number of carbonyl (C=O) groups is 1. The third-order valence-corrected chi connectivity index (χ3v) is 5.83. The molecule has 2 aliphatic rings. The fourth-order valence-corrected chi connectivity index (χ4v) is 4.27. The zero-order chi connectivity index (χ0) is 21.3. The average molecular weight is 403 g/mol. The number of anilines is 1. The minimum atomic E-state index is -1.09. The van der Waals surface area contributed by atoms with Crippen molar-refractivity contribution in [2.24, 2.45) is 0 Å². The van der Waals surface area contributed by atoms with Gasteiger partial charge in [0.2, 0.25) is 0 Å². The zero-order valence-corrected chi connectivity index (χ0v) is 17.3. The number of quaternary nitrogens is 1. The maximum absolute atomic E-state index is 12.8. The first-order chi connectivity index (χ1) is 14.2. The number of nitrogens with zero attached hydrogens (tertiary/aromatic N) is 2. The van der Waals surface area contributed by atoms with Crippen molar-refractivity contribution in [3.63, 3.8) is 0 Å². The van der Waals surface area contributed by atoms with E-state index in [4.69, 9.17) is 9.47 Å². The van der Waals surface area contributed by atoms with Gasteiger partial charge in [-0.15, -0.1) is 0 Å². The Morgan fingerprint density at radius 3 is 2.27 bits per heavy atom. The van der Waals surface area contributed by atoms with Crippen molar-refractivity contribution in [1.82, 2.24) is 4.65 Å². The summed E-state index contributed by atoms with van der Waals surface area (Å²) in [5.41, 5.74) is 3.41. The molecule has 0 amide bonds. The molecule has 6 nitrogen and oxygen atoms in total. The number of carbonyl (C=O) groups excluding carboxylic acids is 1. The van der Waals surface area contributed by atoms with Gasteiger partial charge in [0, 0.05) is 54.7 Å². The third-order valence-electron chi connectivity index (χ3n) is 5.83. The fourth-order valence-electron chi connectivity index (χ4n) is 4.27. The highest BCUT2D eigenvalue weighted by Crippen LogP contribution is 2.57. The Hall–Kier alpha value is -3.35. The SMILES string of the molecule is CN(C)c1ccc2c(c1)Oc1cc([N+](C)(C)O)ccc1C21OC(=O)c2ccccc21. The molecule has 0 saturated heterocycles.